The lowest BCUT2D eigenvalue weighted by Gasteiger charge is -2.26. The molecule has 6 heteroatoms. The number of methoxy groups -OCH3 is 1. The number of rotatable bonds is 8. The number of ether oxygens (including phenoxy) is 1. The number of nitrogens with zero attached hydrogens (tertiary/aromatic N) is 1. The molecule has 6 nitrogen and oxygen atoms in total. The molecule has 122 valence electrons. The molecule has 21 heavy (non-hydrogen) atoms. The van der Waals surface area contributed by atoms with Crippen LogP contribution in [0.15, 0.2) is 0 Å². The molecule has 1 atom stereocenters. The van der Waals surface area contributed by atoms with E-state index in [1.54, 1.807) is 12.0 Å². The lowest BCUT2D eigenvalue weighted by Crippen LogP contribution is -2.45. The van der Waals surface area contributed by atoms with Crippen molar-refractivity contribution in [3.8, 4) is 0 Å². The first-order chi connectivity index (χ1) is 9.74. The molecule has 1 saturated carbocycles. The van der Waals surface area contributed by atoms with Gasteiger partial charge in [-0.05, 0) is 24.7 Å². The quantitative estimate of drug-likeness (QED) is 0.718. The lowest BCUT2D eigenvalue weighted by atomic mass is 9.84. The zero-order valence-corrected chi connectivity index (χ0v) is 13.5. The number of carbonyl (C=O) groups excluding carboxylic acids is 1. The molecular formula is C15H28N2O4. The van der Waals surface area contributed by atoms with Gasteiger partial charge in [0.15, 0.2) is 0 Å². The van der Waals surface area contributed by atoms with Crippen LogP contribution >= 0.6 is 0 Å². The molecule has 2 amide bonds. The van der Waals surface area contributed by atoms with Gasteiger partial charge >= 0.3 is 12.0 Å². The summed E-state index contributed by atoms with van der Waals surface area (Å²) >= 11 is 0. The molecular weight excluding hydrogens is 272 g/mol. The summed E-state index contributed by atoms with van der Waals surface area (Å²) in [5.74, 6) is -1.42. The van der Waals surface area contributed by atoms with Crippen LogP contribution in [-0.2, 0) is 9.53 Å². The maximum Gasteiger partial charge on any atom is 0.317 e. The first-order valence-electron chi connectivity index (χ1n) is 7.51. The third kappa shape index (κ3) is 6.80. The van der Waals surface area contributed by atoms with Crippen LogP contribution in [0.2, 0.25) is 0 Å². The minimum absolute atomic E-state index is 0.0833. The fourth-order valence-corrected chi connectivity index (χ4v) is 2.32. The van der Waals surface area contributed by atoms with E-state index < -0.39 is 11.9 Å². The van der Waals surface area contributed by atoms with E-state index in [1.807, 2.05) is 20.8 Å². The van der Waals surface area contributed by atoms with Crippen molar-refractivity contribution < 1.29 is 19.4 Å². The van der Waals surface area contributed by atoms with Gasteiger partial charge in [0.25, 0.3) is 0 Å². The van der Waals surface area contributed by atoms with E-state index in [0.29, 0.717) is 19.6 Å². The van der Waals surface area contributed by atoms with Gasteiger partial charge in [-0.25, -0.2) is 4.79 Å². The molecule has 1 aliphatic rings. The number of carboxylic acid groups (broad SMARTS) is 1. The standard InChI is InChI=1S/C15H28N2O4/c1-15(2,3)9-11(13(18)19)10-16-14(20)17(7-8-21-4)12-5-6-12/h11-12H,5-10H2,1-4H3,(H,16,20)(H,18,19). The molecule has 0 saturated heterocycles. The molecule has 0 bridgehead atoms. The third-order valence-electron chi connectivity index (χ3n) is 3.49. The van der Waals surface area contributed by atoms with Crippen molar-refractivity contribution in [2.24, 2.45) is 11.3 Å². The monoisotopic (exact) mass is 300 g/mol. The van der Waals surface area contributed by atoms with Crippen LogP contribution in [0.3, 0.4) is 0 Å². The van der Waals surface area contributed by atoms with E-state index in [0.717, 1.165) is 12.8 Å². The Morgan fingerprint density at radius 3 is 2.43 bits per heavy atom. The SMILES string of the molecule is COCCN(C(=O)NCC(CC(C)(C)C)C(=O)O)C1CC1. The molecule has 1 unspecified atom stereocenters. The number of carbonyl (C=O) groups is 2. The molecule has 0 aliphatic heterocycles. The highest BCUT2D eigenvalue weighted by atomic mass is 16.5. The predicted molar refractivity (Wildman–Crippen MR) is 80.2 cm³/mol. The van der Waals surface area contributed by atoms with Gasteiger partial charge in [-0.1, -0.05) is 20.8 Å². The summed E-state index contributed by atoms with van der Waals surface area (Å²) in [4.78, 5) is 25.2. The van der Waals surface area contributed by atoms with Crippen LogP contribution in [0.4, 0.5) is 4.79 Å². The van der Waals surface area contributed by atoms with Gasteiger partial charge in [-0.15, -0.1) is 0 Å². The number of hydrogen-bond donors (Lipinski definition) is 2. The van der Waals surface area contributed by atoms with Crippen molar-refractivity contribution in [1.82, 2.24) is 10.2 Å². The van der Waals surface area contributed by atoms with E-state index in [1.165, 1.54) is 0 Å². The van der Waals surface area contributed by atoms with Gasteiger partial charge < -0.3 is 20.1 Å². The molecule has 0 aromatic rings. The summed E-state index contributed by atoms with van der Waals surface area (Å²) in [7, 11) is 1.60. The number of amides is 2. The Morgan fingerprint density at radius 1 is 1.38 bits per heavy atom. The maximum atomic E-state index is 12.2. The van der Waals surface area contributed by atoms with Crippen molar-refractivity contribution in [1.29, 1.82) is 0 Å². The largest absolute Gasteiger partial charge is 0.481 e. The van der Waals surface area contributed by atoms with Crippen molar-refractivity contribution in [2.45, 2.75) is 46.1 Å². The second-order valence-electron chi connectivity index (χ2n) is 6.90. The Bertz CT molecular complexity index is 361. The number of hydrogen-bond acceptors (Lipinski definition) is 3. The van der Waals surface area contributed by atoms with E-state index in [2.05, 4.69) is 5.32 Å². The Hall–Kier alpha value is -1.30. The smallest absolute Gasteiger partial charge is 0.317 e. The average Bonchev–Trinajstić information content (AvgIpc) is 3.17. The highest BCUT2D eigenvalue weighted by Gasteiger charge is 2.33. The van der Waals surface area contributed by atoms with Crippen LogP contribution in [0.1, 0.15) is 40.0 Å². The predicted octanol–water partition coefficient (Wildman–Crippen LogP) is 1.94. The van der Waals surface area contributed by atoms with E-state index >= 15 is 0 Å². The Labute approximate surface area is 126 Å². The zero-order chi connectivity index (χ0) is 16.0. The highest BCUT2D eigenvalue weighted by molar-refractivity contribution is 5.76. The maximum absolute atomic E-state index is 12.2. The van der Waals surface area contributed by atoms with E-state index in [-0.39, 0.29) is 24.0 Å². The third-order valence-corrected chi connectivity index (χ3v) is 3.49. The first kappa shape index (κ1) is 17.8. The molecule has 0 spiro atoms. The summed E-state index contributed by atoms with van der Waals surface area (Å²) in [6.45, 7) is 7.21. The van der Waals surface area contributed by atoms with Gasteiger partial charge in [0.2, 0.25) is 0 Å². The molecule has 1 rings (SSSR count). The molecule has 1 fully saturated rings. The summed E-state index contributed by atoms with van der Waals surface area (Å²) in [5, 5.41) is 12.0. The van der Waals surface area contributed by atoms with Crippen molar-refractivity contribution in [3.63, 3.8) is 0 Å². The van der Waals surface area contributed by atoms with E-state index in [4.69, 9.17) is 4.74 Å². The van der Waals surface area contributed by atoms with Gasteiger partial charge in [0.1, 0.15) is 0 Å². The Morgan fingerprint density at radius 2 is 2.00 bits per heavy atom. The summed E-state index contributed by atoms with van der Waals surface area (Å²) in [6.07, 6.45) is 2.56. The second kappa shape index (κ2) is 7.64. The summed E-state index contributed by atoms with van der Waals surface area (Å²) in [6, 6.07) is 0.0979. The minimum atomic E-state index is -0.861. The second-order valence-corrected chi connectivity index (χ2v) is 6.90. The molecule has 0 heterocycles. The zero-order valence-electron chi connectivity index (χ0n) is 13.5. The first-order valence-corrected chi connectivity index (χ1v) is 7.51. The van der Waals surface area contributed by atoms with Gasteiger partial charge in [-0.3, -0.25) is 4.79 Å². The van der Waals surface area contributed by atoms with Crippen molar-refractivity contribution in [3.05, 3.63) is 0 Å². The van der Waals surface area contributed by atoms with Crippen molar-refractivity contribution in [2.75, 3.05) is 26.8 Å². The van der Waals surface area contributed by atoms with Crippen molar-refractivity contribution >= 4 is 12.0 Å². The summed E-state index contributed by atoms with van der Waals surface area (Å²) in [5.41, 5.74) is -0.0833. The number of nitrogens with one attached hydrogen (secondary N) is 1. The van der Waals surface area contributed by atoms with Crippen LogP contribution in [0.25, 0.3) is 0 Å². The minimum Gasteiger partial charge on any atom is -0.481 e. The molecule has 1 aliphatic carbocycles. The number of urea groups is 1. The van der Waals surface area contributed by atoms with Crippen LogP contribution in [-0.4, -0.2) is 54.9 Å². The normalized spacial score (nSPS) is 16.4. The topological polar surface area (TPSA) is 78.9 Å². The van der Waals surface area contributed by atoms with Crippen LogP contribution in [0, 0.1) is 11.3 Å². The molecule has 2 N–H and O–H groups in total. The fourth-order valence-electron chi connectivity index (χ4n) is 2.32. The van der Waals surface area contributed by atoms with Gasteiger partial charge in [0.05, 0.1) is 12.5 Å². The lowest BCUT2D eigenvalue weighted by molar-refractivity contribution is -0.142. The van der Waals surface area contributed by atoms with Crippen LogP contribution in [0.5, 0.6) is 0 Å². The Balaban J connectivity index is 2.49. The summed E-state index contributed by atoms with van der Waals surface area (Å²) < 4.78 is 5.01. The number of carboxylic acids is 1. The van der Waals surface area contributed by atoms with Crippen LogP contribution < -0.4 is 5.32 Å². The molecule has 0 radical (unpaired) electrons. The molecule has 0 aromatic heterocycles. The van der Waals surface area contributed by atoms with E-state index in [9.17, 15) is 14.7 Å². The Kier molecular flexibility index (Phi) is 6.45. The fraction of sp³-hybridized carbons (Fsp3) is 0.867. The number of aliphatic carboxylic acids is 1. The van der Waals surface area contributed by atoms with Gasteiger partial charge in [0, 0.05) is 26.2 Å². The van der Waals surface area contributed by atoms with Gasteiger partial charge in [-0.2, -0.15) is 0 Å². The molecule has 0 aromatic carbocycles. The highest BCUT2D eigenvalue weighted by Crippen LogP contribution is 2.27. The average molecular weight is 300 g/mol.